The van der Waals surface area contributed by atoms with Gasteiger partial charge in [-0.3, -0.25) is 4.79 Å². The number of aromatic nitrogens is 1. The van der Waals surface area contributed by atoms with Crippen LogP contribution >= 0.6 is 27.5 Å². The molecule has 0 aliphatic carbocycles. The lowest BCUT2D eigenvalue weighted by atomic mass is 9.95. The molecule has 0 unspecified atom stereocenters. The molecule has 1 aliphatic heterocycles. The number of hydrogen-bond acceptors (Lipinski definition) is 3. The van der Waals surface area contributed by atoms with Crippen LogP contribution < -0.4 is 11.1 Å². The fourth-order valence-corrected chi connectivity index (χ4v) is 2.93. The average molecular weight is 371 g/mol. The summed E-state index contributed by atoms with van der Waals surface area (Å²) in [6, 6.07) is 4.96. The first kappa shape index (κ1) is 14.3. The molecule has 21 heavy (non-hydrogen) atoms. The van der Waals surface area contributed by atoms with Gasteiger partial charge in [0.05, 0.1) is 4.47 Å². The van der Waals surface area contributed by atoms with Crippen LogP contribution in [0.4, 0.5) is 10.2 Å². The first-order chi connectivity index (χ1) is 9.97. The Morgan fingerprint density at radius 2 is 2.05 bits per heavy atom. The van der Waals surface area contributed by atoms with Crippen molar-refractivity contribution >= 4 is 39.3 Å². The number of nitrogens with zero attached hydrogens (tertiary/aromatic N) is 1. The van der Waals surface area contributed by atoms with Crippen molar-refractivity contribution in [3.8, 4) is 11.1 Å². The van der Waals surface area contributed by atoms with Crippen molar-refractivity contribution in [3.05, 3.63) is 44.8 Å². The Kier molecular flexibility index (Phi) is 3.59. The van der Waals surface area contributed by atoms with Crippen molar-refractivity contribution in [2.45, 2.75) is 6.42 Å². The molecule has 0 bridgehead atoms. The highest BCUT2D eigenvalue weighted by molar-refractivity contribution is 9.10. The Labute approximate surface area is 133 Å². The molecule has 1 aliphatic rings. The summed E-state index contributed by atoms with van der Waals surface area (Å²) < 4.78 is 13.6. The number of anilines is 1. The smallest absolute Gasteiger partial charge is 0.251 e. The van der Waals surface area contributed by atoms with Gasteiger partial charge in [-0.05, 0) is 46.1 Å². The zero-order valence-electron chi connectivity index (χ0n) is 10.7. The molecule has 3 N–H and O–H groups in total. The van der Waals surface area contributed by atoms with E-state index >= 15 is 0 Å². The molecular formula is C14H10BrClFN3O. The maximum atomic E-state index is 13.4. The van der Waals surface area contributed by atoms with Crippen molar-refractivity contribution < 1.29 is 9.18 Å². The zero-order valence-corrected chi connectivity index (χ0v) is 13.1. The molecule has 7 heteroatoms. The Morgan fingerprint density at radius 1 is 1.29 bits per heavy atom. The van der Waals surface area contributed by atoms with Gasteiger partial charge >= 0.3 is 0 Å². The van der Waals surface area contributed by atoms with Gasteiger partial charge in [-0.25, -0.2) is 4.98 Å². The highest BCUT2D eigenvalue weighted by Crippen LogP contribution is 2.36. The lowest BCUT2D eigenvalue weighted by Gasteiger charge is -2.19. The van der Waals surface area contributed by atoms with Gasteiger partial charge in [0.2, 0.25) is 5.95 Å². The van der Waals surface area contributed by atoms with Crippen molar-refractivity contribution in [1.82, 2.24) is 10.3 Å². The lowest BCUT2D eigenvalue weighted by molar-refractivity contribution is 0.0946. The second-order valence-electron chi connectivity index (χ2n) is 4.69. The second kappa shape index (κ2) is 5.27. The molecule has 0 saturated carbocycles. The number of amides is 1. The van der Waals surface area contributed by atoms with Crippen molar-refractivity contribution in [2.75, 3.05) is 12.3 Å². The lowest BCUT2D eigenvalue weighted by Crippen LogP contribution is -2.31. The number of rotatable bonds is 1. The second-order valence-corrected chi connectivity index (χ2v) is 5.95. The van der Waals surface area contributed by atoms with Gasteiger partial charge in [-0.2, -0.15) is 4.39 Å². The maximum absolute atomic E-state index is 13.4. The van der Waals surface area contributed by atoms with E-state index in [-0.39, 0.29) is 16.2 Å². The highest BCUT2D eigenvalue weighted by atomic mass is 79.9. The van der Waals surface area contributed by atoms with Gasteiger partial charge < -0.3 is 11.1 Å². The molecule has 3 rings (SSSR count). The number of carbonyl (C=O) groups excluding carboxylic acids is 1. The minimum absolute atomic E-state index is 0.0535. The van der Waals surface area contributed by atoms with Crippen molar-refractivity contribution in [1.29, 1.82) is 0 Å². The number of nitrogens with two attached hydrogens (primary N) is 1. The molecule has 0 radical (unpaired) electrons. The highest BCUT2D eigenvalue weighted by Gasteiger charge is 2.21. The fourth-order valence-electron chi connectivity index (χ4n) is 2.34. The van der Waals surface area contributed by atoms with E-state index in [0.29, 0.717) is 34.7 Å². The van der Waals surface area contributed by atoms with Gasteiger partial charge in [0, 0.05) is 28.3 Å². The van der Waals surface area contributed by atoms with Gasteiger partial charge in [0.1, 0.15) is 5.82 Å². The van der Waals surface area contributed by atoms with Crippen LogP contribution in [-0.4, -0.2) is 17.4 Å². The molecule has 0 spiro atoms. The number of halogens is 3. The predicted octanol–water partition coefficient (Wildman–Crippen LogP) is 3.17. The van der Waals surface area contributed by atoms with E-state index < -0.39 is 5.95 Å². The third kappa shape index (κ3) is 2.49. The Morgan fingerprint density at radius 3 is 2.81 bits per heavy atom. The Bertz CT molecular complexity index is 766. The molecule has 108 valence electrons. The monoisotopic (exact) mass is 369 g/mol. The minimum atomic E-state index is -0.676. The summed E-state index contributed by atoms with van der Waals surface area (Å²) in [6.07, 6.45) is 0.709. The molecule has 0 fully saturated rings. The van der Waals surface area contributed by atoms with E-state index in [1.165, 1.54) is 6.07 Å². The Hall–Kier alpha value is -1.66. The first-order valence-corrected chi connectivity index (χ1v) is 7.37. The summed E-state index contributed by atoms with van der Waals surface area (Å²) >= 11 is 9.34. The van der Waals surface area contributed by atoms with Gasteiger partial charge in [0.25, 0.3) is 5.91 Å². The first-order valence-electron chi connectivity index (χ1n) is 6.20. The summed E-state index contributed by atoms with van der Waals surface area (Å²) in [5, 5.41) is 3.13. The fraction of sp³-hybridized carbons (Fsp3) is 0.143. The molecule has 0 atom stereocenters. The molecule has 0 saturated heterocycles. The molecule has 2 heterocycles. The molecule has 1 amide bonds. The van der Waals surface area contributed by atoms with E-state index in [1.807, 2.05) is 6.07 Å². The zero-order chi connectivity index (χ0) is 15.1. The number of carbonyl (C=O) groups is 1. The van der Waals surface area contributed by atoms with E-state index in [1.54, 1.807) is 6.07 Å². The van der Waals surface area contributed by atoms with Crippen LogP contribution in [0.3, 0.4) is 0 Å². The molecule has 1 aromatic carbocycles. The van der Waals surface area contributed by atoms with Gasteiger partial charge in [-0.15, -0.1) is 0 Å². The topological polar surface area (TPSA) is 68.0 Å². The number of nitrogen functional groups attached to an aromatic ring is 1. The SMILES string of the molecule is Nc1nc(F)c(Br)cc1-c1cc2c(cc1Cl)C(=O)NCC2. The normalized spacial score (nSPS) is 13.8. The maximum Gasteiger partial charge on any atom is 0.251 e. The molecule has 2 aromatic rings. The number of nitrogens with one attached hydrogen (secondary N) is 1. The molecule has 1 aromatic heterocycles. The van der Waals surface area contributed by atoms with Crippen molar-refractivity contribution in [3.63, 3.8) is 0 Å². The Balaban J connectivity index is 2.20. The van der Waals surface area contributed by atoms with E-state index in [4.69, 9.17) is 17.3 Å². The third-order valence-corrected chi connectivity index (χ3v) is 4.24. The summed E-state index contributed by atoms with van der Waals surface area (Å²) in [5.74, 6) is -0.765. The van der Waals surface area contributed by atoms with Crippen LogP contribution in [0.5, 0.6) is 0 Å². The summed E-state index contributed by atoms with van der Waals surface area (Å²) in [4.78, 5) is 15.4. The number of benzene rings is 1. The van der Waals surface area contributed by atoms with Crippen LogP contribution in [0.1, 0.15) is 15.9 Å². The number of hydrogen-bond donors (Lipinski definition) is 2. The molecular weight excluding hydrogens is 361 g/mol. The number of pyridine rings is 1. The largest absolute Gasteiger partial charge is 0.383 e. The van der Waals surface area contributed by atoms with E-state index in [9.17, 15) is 9.18 Å². The van der Waals surface area contributed by atoms with Crippen LogP contribution in [0, 0.1) is 5.95 Å². The quantitative estimate of drug-likeness (QED) is 0.758. The van der Waals surface area contributed by atoms with E-state index in [2.05, 4.69) is 26.2 Å². The summed E-state index contributed by atoms with van der Waals surface area (Å²) in [6.45, 7) is 0.577. The van der Waals surface area contributed by atoms with E-state index in [0.717, 1.165) is 5.56 Å². The minimum Gasteiger partial charge on any atom is -0.383 e. The number of fused-ring (bicyclic) bond motifs is 1. The average Bonchev–Trinajstić information content (AvgIpc) is 2.44. The summed E-state index contributed by atoms with van der Waals surface area (Å²) in [5.41, 5.74) is 8.39. The standard InChI is InChI=1S/C14H10BrClFN3O/c15-10-4-9(13(18)20-12(10)17)8-3-6-1-2-19-14(21)7(6)5-11(8)16/h3-5H,1-2H2,(H2,18,20)(H,19,21). The van der Waals surface area contributed by atoms with Crippen LogP contribution in [0.2, 0.25) is 5.02 Å². The van der Waals surface area contributed by atoms with Crippen LogP contribution in [0.25, 0.3) is 11.1 Å². The third-order valence-electron chi connectivity index (χ3n) is 3.37. The van der Waals surface area contributed by atoms with Gasteiger partial charge in [-0.1, -0.05) is 11.6 Å². The van der Waals surface area contributed by atoms with Crippen LogP contribution in [0.15, 0.2) is 22.7 Å². The molecule has 4 nitrogen and oxygen atoms in total. The van der Waals surface area contributed by atoms with Crippen LogP contribution in [-0.2, 0) is 6.42 Å². The summed E-state index contributed by atoms with van der Waals surface area (Å²) in [7, 11) is 0. The van der Waals surface area contributed by atoms with Crippen molar-refractivity contribution in [2.24, 2.45) is 0 Å². The van der Waals surface area contributed by atoms with Gasteiger partial charge in [0.15, 0.2) is 0 Å². The predicted molar refractivity (Wildman–Crippen MR) is 82.8 cm³/mol.